The SMILES string of the molecule is FC(F)(F)C(c1ccc2c(c1)OCO2)(c1ccc2c(c1)OCO2)C(F)(F)F. The van der Waals surface area contributed by atoms with Crippen molar-refractivity contribution in [1.82, 2.24) is 0 Å². The summed E-state index contributed by atoms with van der Waals surface area (Å²) in [7, 11) is 0. The van der Waals surface area contributed by atoms with Gasteiger partial charge in [-0.25, -0.2) is 0 Å². The Morgan fingerprint density at radius 3 is 1.30 bits per heavy atom. The first-order valence-electron chi connectivity index (χ1n) is 7.58. The molecule has 0 unspecified atom stereocenters. The fraction of sp³-hybridized carbons (Fsp3) is 0.294. The second-order valence-corrected chi connectivity index (χ2v) is 5.88. The second-order valence-electron chi connectivity index (χ2n) is 5.88. The fourth-order valence-electron chi connectivity index (χ4n) is 3.24. The molecule has 0 aromatic heterocycles. The average molecular weight is 392 g/mol. The van der Waals surface area contributed by atoms with E-state index in [2.05, 4.69) is 0 Å². The van der Waals surface area contributed by atoms with Gasteiger partial charge in [-0.15, -0.1) is 0 Å². The summed E-state index contributed by atoms with van der Waals surface area (Å²) in [5.74, 6) is -0.234. The highest BCUT2D eigenvalue weighted by molar-refractivity contribution is 5.55. The molecule has 144 valence electrons. The lowest BCUT2D eigenvalue weighted by atomic mass is 9.72. The molecule has 0 saturated carbocycles. The second kappa shape index (κ2) is 5.61. The third-order valence-electron chi connectivity index (χ3n) is 4.46. The van der Waals surface area contributed by atoms with Crippen LogP contribution in [0.15, 0.2) is 36.4 Å². The van der Waals surface area contributed by atoms with Crippen molar-refractivity contribution in [2.24, 2.45) is 0 Å². The Bertz CT molecular complexity index is 816. The predicted octanol–water partition coefficient (Wildman–Crippen LogP) is 4.55. The lowest BCUT2D eigenvalue weighted by molar-refractivity contribution is -0.288. The number of rotatable bonds is 2. The Morgan fingerprint density at radius 2 is 0.926 bits per heavy atom. The lowest BCUT2D eigenvalue weighted by Crippen LogP contribution is -2.54. The van der Waals surface area contributed by atoms with Gasteiger partial charge in [-0.3, -0.25) is 0 Å². The topological polar surface area (TPSA) is 36.9 Å². The monoisotopic (exact) mass is 392 g/mol. The number of benzene rings is 2. The summed E-state index contributed by atoms with van der Waals surface area (Å²) < 4.78 is 104. The molecule has 0 spiro atoms. The van der Waals surface area contributed by atoms with Crippen LogP contribution in [0.5, 0.6) is 23.0 Å². The normalized spacial score (nSPS) is 15.9. The minimum Gasteiger partial charge on any atom is -0.454 e. The average Bonchev–Trinajstić information content (AvgIpc) is 3.20. The maximum absolute atomic E-state index is 14.1. The molecule has 2 aliphatic heterocycles. The molecule has 0 fully saturated rings. The molecule has 0 aliphatic carbocycles. The van der Waals surface area contributed by atoms with Crippen molar-refractivity contribution in [1.29, 1.82) is 0 Å². The van der Waals surface area contributed by atoms with Gasteiger partial charge in [0.05, 0.1) is 0 Å². The quantitative estimate of drug-likeness (QED) is 0.703. The van der Waals surface area contributed by atoms with Crippen molar-refractivity contribution < 1.29 is 45.3 Å². The highest BCUT2D eigenvalue weighted by atomic mass is 19.4. The highest BCUT2D eigenvalue weighted by Crippen LogP contribution is 2.58. The van der Waals surface area contributed by atoms with Gasteiger partial charge < -0.3 is 18.9 Å². The van der Waals surface area contributed by atoms with E-state index < -0.39 is 28.9 Å². The molecule has 10 heteroatoms. The van der Waals surface area contributed by atoms with E-state index in [-0.39, 0.29) is 36.6 Å². The van der Waals surface area contributed by atoms with Crippen LogP contribution in [0.3, 0.4) is 0 Å². The molecule has 2 heterocycles. The van der Waals surface area contributed by atoms with Gasteiger partial charge in [0, 0.05) is 0 Å². The summed E-state index contributed by atoms with van der Waals surface area (Å²) in [6.45, 7) is -0.568. The molecular formula is C17H10F6O4. The summed E-state index contributed by atoms with van der Waals surface area (Å²) in [6.07, 6.45) is -11.4. The largest absolute Gasteiger partial charge is 0.454 e. The zero-order chi connectivity index (χ0) is 19.4. The third kappa shape index (κ3) is 2.46. The van der Waals surface area contributed by atoms with Crippen LogP contribution in [0.1, 0.15) is 11.1 Å². The molecule has 0 N–H and O–H groups in total. The van der Waals surface area contributed by atoms with Crippen LogP contribution in [0.2, 0.25) is 0 Å². The number of alkyl halides is 6. The Morgan fingerprint density at radius 1 is 0.556 bits per heavy atom. The van der Waals surface area contributed by atoms with Gasteiger partial charge in [-0.05, 0) is 35.4 Å². The molecule has 0 bridgehead atoms. The van der Waals surface area contributed by atoms with Gasteiger partial charge in [0.1, 0.15) is 0 Å². The van der Waals surface area contributed by atoms with Crippen LogP contribution in [-0.2, 0) is 5.41 Å². The van der Waals surface area contributed by atoms with Crippen molar-refractivity contribution >= 4 is 0 Å². The van der Waals surface area contributed by atoms with Gasteiger partial charge in [0.2, 0.25) is 19.0 Å². The van der Waals surface area contributed by atoms with Crippen molar-refractivity contribution in [2.75, 3.05) is 13.6 Å². The van der Waals surface area contributed by atoms with E-state index in [1.807, 2.05) is 0 Å². The Labute approximate surface area is 148 Å². The Hall–Kier alpha value is -2.78. The molecule has 4 nitrogen and oxygen atoms in total. The first-order valence-corrected chi connectivity index (χ1v) is 7.58. The summed E-state index contributed by atoms with van der Waals surface area (Å²) in [5, 5.41) is 0. The summed E-state index contributed by atoms with van der Waals surface area (Å²) >= 11 is 0. The first kappa shape index (κ1) is 17.6. The van der Waals surface area contributed by atoms with Crippen LogP contribution in [-0.4, -0.2) is 25.9 Å². The fourth-order valence-corrected chi connectivity index (χ4v) is 3.24. The van der Waals surface area contributed by atoms with Gasteiger partial charge >= 0.3 is 12.4 Å². The molecule has 2 aromatic rings. The number of ether oxygens (including phenoxy) is 4. The van der Waals surface area contributed by atoms with E-state index in [0.717, 1.165) is 24.3 Å². The standard InChI is InChI=1S/C17H10F6O4/c18-16(19,20)15(17(21,22)23,9-1-3-11-13(5-9)26-7-24-11)10-2-4-12-14(6-10)27-8-25-12/h1-6H,7-8H2. The maximum atomic E-state index is 14.1. The summed E-state index contributed by atoms with van der Waals surface area (Å²) in [4.78, 5) is 0. The van der Waals surface area contributed by atoms with Crippen LogP contribution in [0.25, 0.3) is 0 Å². The van der Waals surface area contributed by atoms with Crippen LogP contribution in [0, 0.1) is 0 Å². The predicted molar refractivity (Wildman–Crippen MR) is 78.0 cm³/mol. The van der Waals surface area contributed by atoms with Gasteiger partial charge in [0.15, 0.2) is 23.0 Å². The molecule has 0 radical (unpaired) electrons. The molecule has 4 rings (SSSR count). The number of fused-ring (bicyclic) bond motifs is 2. The first-order chi connectivity index (χ1) is 12.6. The molecule has 0 amide bonds. The molecule has 2 aliphatic rings. The molecule has 0 atom stereocenters. The number of halogens is 6. The Kier molecular flexibility index (Phi) is 3.66. The smallest absolute Gasteiger partial charge is 0.411 e. The summed E-state index contributed by atoms with van der Waals surface area (Å²) in [5.41, 5.74) is -6.36. The van der Waals surface area contributed by atoms with Gasteiger partial charge in [-0.1, -0.05) is 12.1 Å². The summed E-state index contributed by atoms with van der Waals surface area (Å²) in [6, 6.07) is 4.92. The van der Waals surface area contributed by atoms with Crippen LogP contribution in [0.4, 0.5) is 26.3 Å². The molecular weight excluding hydrogens is 382 g/mol. The zero-order valence-corrected chi connectivity index (χ0v) is 13.3. The van der Waals surface area contributed by atoms with E-state index >= 15 is 0 Å². The van der Waals surface area contributed by atoms with E-state index in [4.69, 9.17) is 18.9 Å². The number of hydrogen-bond acceptors (Lipinski definition) is 4. The van der Waals surface area contributed by atoms with Crippen molar-refractivity contribution in [3.63, 3.8) is 0 Å². The van der Waals surface area contributed by atoms with Gasteiger partial charge in [0.25, 0.3) is 0 Å². The third-order valence-corrected chi connectivity index (χ3v) is 4.46. The van der Waals surface area contributed by atoms with Crippen LogP contribution >= 0.6 is 0 Å². The maximum Gasteiger partial charge on any atom is 0.411 e. The van der Waals surface area contributed by atoms with E-state index in [0.29, 0.717) is 12.1 Å². The highest BCUT2D eigenvalue weighted by Gasteiger charge is 2.72. The van der Waals surface area contributed by atoms with Crippen molar-refractivity contribution in [3.05, 3.63) is 47.5 Å². The zero-order valence-electron chi connectivity index (χ0n) is 13.3. The molecule has 2 aromatic carbocycles. The van der Waals surface area contributed by atoms with Crippen LogP contribution < -0.4 is 18.9 Å². The Balaban J connectivity index is 2.01. The van der Waals surface area contributed by atoms with Crippen molar-refractivity contribution in [3.8, 4) is 23.0 Å². The molecule has 27 heavy (non-hydrogen) atoms. The molecule has 0 saturated heterocycles. The van der Waals surface area contributed by atoms with Gasteiger partial charge in [-0.2, -0.15) is 26.3 Å². The minimum absolute atomic E-state index is 0.0719. The number of hydrogen-bond donors (Lipinski definition) is 0. The van der Waals surface area contributed by atoms with E-state index in [1.165, 1.54) is 0 Å². The van der Waals surface area contributed by atoms with Crippen molar-refractivity contribution in [2.45, 2.75) is 17.8 Å². The van der Waals surface area contributed by atoms with E-state index in [1.54, 1.807) is 0 Å². The van der Waals surface area contributed by atoms with E-state index in [9.17, 15) is 26.3 Å². The lowest BCUT2D eigenvalue weighted by Gasteiger charge is -2.38. The minimum atomic E-state index is -5.70.